The zero-order valence-electron chi connectivity index (χ0n) is 8.25. The van der Waals surface area contributed by atoms with E-state index in [1.165, 1.54) is 18.9 Å². The van der Waals surface area contributed by atoms with E-state index in [-0.39, 0.29) is 5.56 Å². The number of aromatic amines is 1. The van der Waals surface area contributed by atoms with Crippen LogP contribution in [0.5, 0.6) is 5.88 Å². The lowest BCUT2D eigenvalue weighted by molar-refractivity contribution is 0.286. The molecule has 0 atom stereocenters. The lowest BCUT2D eigenvalue weighted by Crippen LogP contribution is -2.12. The lowest BCUT2D eigenvalue weighted by Gasteiger charge is -2.04. The van der Waals surface area contributed by atoms with Crippen LogP contribution in [-0.4, -0.2) is 16.6 Å². The zero-order valence-corrected chi connectivity index (χ0v) is 8.25. The highest BCUT2D eigenvalue weighted by atomic mass is 16.5. The summed E-state index contributed by atoms with van der Waals surface area (Å²) in [5.74, 6) is 1.82. The van der Waals surface area contributed by atoms with Gasteiger partial charge in [0.1, 0.15) is 5.82 Å². The van der Waals surface area contributed by atoms with Crippen LogP contribution in [0.1, 0.15) is 25.6 Å². The smallest absolute Gasteiger partial charge is 0.254 e. The molecule has 0 spiro atoms. The zero-order chi connectivity index (χ0) is 9.97. The summed E-state index contributed by atoms with van der Waals surface area (Å²) in [6.07, 6.45) is 3.20. The van der Waals surface area contributed by atoms with Crippen molar-refractivity contribution in [3.05, 3.63) is 22.2 Å². The SMILES string of the molecule is CCc1nc(OCC2CC2)cc(=O)[nH]1. The summed E-state index contributed by atoms with van der Waals surface area (Å²) in [5.41, 5.74) is -0.136. The molecule has 0 radical (unpaired) electrons. The molecule has 0 aliphatic heterocycles. The van der Waals surface area contributed by atoms with Gasteiger partial charge in [0.25, 0.3) is 5.56 Å². The van der Waals surface area contributed by atoms with Crippen molar-refractivity contribution in [2.24, 2.45) is 5.92 Å². The molecule has 4 nitrogen and oxygen atoms in total. The topological polar surface area (TPSA) is 55.0 Å². The van der Waals surface area contributed by atoms with E-state index in [9.17, 15) is 4.79 Å². The van der Waals surface area contributed by atoms with Crippen LogP contribution in [0.25, 0.3) is 0 Å². The molecule has 0 bridgehead atoms. The van der Waals surface area contributed by atoms with E-state index in [1.54, 1.807) is 0 Å². The van der Waals surface area contributed by atoms with Crippen LogP contribution < -0.4 is 10.3 Å². The number of rotatable bonds is 4. The third-order valence-corrected chi connectivity index (χ3v) is 2.27. The summed E-state index contributed by atoms with van der Waals surface area (Å²) >= 11 is 0. The minimum atomic E-state index is -0.136. The Morgan fingerprint density at radius 1 is 1.64 bits per heavy atom. The van der Waals surface area contributed by atoms with Gasteiger partial charge in [0, 0.05) is 6.42 Å². The Bertz CT molecular complexity index is 369. The molecule has 0 aromatic carbocycles. The van der Waals surface area contributed by atoms with Gasteiger partial charge in [-0.2, -0.15) is 0 Å². The molecule has 4 heteroatoms. The van der Waals surface area contributed by atoms with Crippen molar-refractivity contribution in [1.82, 2.24) is 9.97 Å². The van der Waals surface area contributed by atoms with Gasteiger partial charge in [-0.3, -0.25) is 4.79 Å². The Balaban J connectivity index is 2.06. The maximum absolute atomic E-state index is 11.2. The van der Waals surface area contributed by atoms with Gasteiger partial charge >= 0.3 is 0 Å². The summed E-state index contributed by atoms with van der Waals surface area (Å²) in [6.45, 7) is 2.64. The molecule has 14 heavy (non-hydrogen) atoms. The van der Waals surface area contributed by atoms with Gasteiger partial charge < -0.3 is 9.72 Å². The van der Waals surface area contributed by atoms with Crippen molar-refractivity contribution in [1.29, 1.82) is 0 Å². The Morgan fingerprint density at radius 2 is 2.43 bits per heavy atom. The molecular formula is C10H14N2O2. The molecule has 1 aromatic rings. The van der Waals surface area contributed by atoms with Crippen LogP contribution in [0.3, 0.4) is 0 Å². The Morgan fingerprint density at radius 3 is 3.07 bits per heavy atom. The molecule has 1 aliphatic rings. The summed E-state index contributed by atoms with van der Waals surface area (Å²) < 4.78 is 5.42. The van der Waals surface area contributed by atoms with Crippen LogP contribution in [0, 0.1) is 5.92 Å². The largest absolute Gasteiger partial charge is 0.477 e. The molecule has 76 valence electrons. The number of H-pyrrole nitrogens is 1. The fraction of sp³-hybridized carbons (Fsp3) is 0.600. The fourth-order valence-corrected chi connectivity index (χ4v) is 1.21. The highest BCUT2D eigenvalue weighted by Gasteiger charge is 2.22. The molecule has 1 saturated carbocycles. The maximum Gasteiger partial charge on any atom is 0.254 e. The van der Waals surface area contributed by atoms with E-state index >= 15 is 0 Å². The quantitative estimate of drug-likeness (QED) is 0.781. The molecule has 1 N–H and O–H groups in total. The van der Waals surface area contributed by atoms with E-state index in [1.807, 2.05) is 6.92 Å². The molecule has 1 aromatic heterocycles. The second-order valence-corrected chi connectivity index (χ2v) is 3.64. The Labute approximate surface area is 82.3 Å². The summed E-state index contributed by atoms with van der Waals surface area (Å²) in [7, 11) is 0. The van der Waals surface area contributed by atoms with Gasteiger partial charge in [-0.15, -0.1) is 0 Å². The average molecular weight is 194 g/mol. The second-order valence-electron chi connectivity index (χ2n) is 3.64. The Hall–Kier alpha value is -1.32. The van der Waals surface area contributed by atoms with Crippen LogP contribution >= 0.6 is 0 Å². The van der Waals surface area contributed by atoms with Crippen LogP contribution in [-0.2, 0) is 6.42 Å². The summed E-state index contributed by atoms with van der Waals surface area (Å²) in [6, 6.07) is 1.40. The standard InChI is InChI=1S/C10H14N2O2/c1-2-8-11-9(13)5-10(12-8)14-6-7-3-4-7/h5,7H,2-4,6H2,1H3,(H,11,12,13). The van der Waals surface area contributed by atoms with Gasteiger partial charge in [-0.25, -0.2) is 4.98 Å². The van der Waals surface area contributed by atoms with Gasteiger partial charge in [-0.05, 0) is 18.8 Å². The number of aryl methyl sites for hydroxylation is 1. The fourth-order valence-electron chi connectivity index (χ4n) is 1.21. The number of aromatic nitrogens is 2. The third-order valence-electron chi connectivity index (χ3n) is 2.27. The predicted molar refractivity (Wildman–Crippen MR) is 52.5 cm³/mol. The van der Waals surface area contributed by atoms with Crippen molar-refractivity contribution in [3.8, 4) is 5.88 Å². The minimum Gasteiger partial charge on any atom is -0.477 e. The first-order valence-corrected chi connectivity index (χ1v) is 5.01. The van der Waals surface area contributed by atoms with Gasteiger partial charge in [-0.1, -0.05) is 6.92 Å². The molecule has 0 saturated heterocycles. The minimum absolute atomic E-state index is 0.136. The highest BCUT2D eigenvalue weighted by molar-refractivity contribution is 5.09. The predicted octanol–water partition coefficient (Wildman–Crippen LogP) is 1.12. The van der Waals surface area contributed by atoms with Crippen molar-refractivity contribution in [2.75, 3.05) is 6.61 Å². The first kappa shape index (κ1) is 9.24. The van der Waals surface area contributed by atoms with Gasteiger partial charge in [0.2, 0.25) is 5.88 Å². The first-order chi connectivity index (χ1) is 6.78. The molecule has 1 aliphatic carbocycles. The monoisotopic (exact) mass is 194 g/mol. The number of hydrogen-bond donors (Lipinski definition) is 1. The third kappa shape index (κ3) is 2.34. The van der Waals surface area contributed by atoms with E-state index in [4.69, 9.17) is 4.74 Å². The molecule has 1 fully saturated rings. The van der Waals surface area contributed by atoms with Crippen molar-refractivity contribution < 1.29 is 4.74 Å². The van der Waals surface area contributed by atoms with Crippen molar-refractivity contribution >= 4 is 0 Å². The summed E-state index contributed by atoms with van der Waals surface area (Å²) in [4.78, 5) is 18.0. The van der Waals surface area contributed by atoms with E-state index in [2.05, 4.69) is 9.97 Å². The van der Waals surface area contributed by atoms with Crippen LogP contribution in [0.2, 0.25) is 0 Å². The molecule has 0 amide bonds. The number of nitrogens with one attached hydrogen (secondary N) is 1. The van der Waals surface area contributed by atoms with Crippen LogP contribution in [0.4, 0.5) is 0 Å². The van der Waals surface area contributed by atoms with E-state index in [0.29, 0.717) is 24.2 Å². The normalized spacial score (nSPS) is 15.5. The van der Waals surface area contributed by atoms with E-state index < -0.39 is 0 Å². The first-order valence-electron chi connectivity index (χ1n) is 5.01. The second kappa shape index (κ2) is 3.82. The number of nitrogens with zero attached hydrogens (tertiary/aromatic N) is 1. The maximum atomic E-state index is 11.2. The molecule has 1 heterocycles. The van der Waals surface area contributed by atoms with E-state index in [0.717, 1.165) is 6.42 Å². The van der Waals surface area contributed by atoms with Crippen LogP contribution in [0.15, 0.2) is 10.9 Å². The average Bonchev–Trinajstić information content (AvgIpc) is 2.97. The summed E-state index contributed by atoms with van der Waals surface area (Å²) in [5, 5.41) is 0. The number of ether oxygens (including phenoxy) is 1. The highest BCUT2D eigenvalue weighted by Crippen LogP contribution is 2.28. The van der Waals surface area contributed by atoms with Gasteiger partial charge in [0.05, 0.1) is 12.7 Å². The molecule has 2 rings (SSSR count). The molecule has 0 unspecified atom stereocenters. The lowest BCUT2D eigenvalue weighted by atomic mass is 10.4. The Kier molecular flexibility index (Phi) is 2.52. The van der Waals surface area contributed by atoms with Crippen molar-refractivity contribution in [3.63, 3.8) is 0 Å². The van der Waals surface area contributed by atoms with Gasteiger partial charge in [0.15, 0.2) is 0 Å². The molecular weight excluding hydrogens is 180 g/mol. The number of hydrogen-bond acceptors (Lipinski definition) is 3. The van der Waals surface area contributed by atoms with Crippen molar-refractivity contribution in [2.45, 2.75) is 26.2 Å².